The molecule has 3 heteroatoms. The molecule has 0 amide bonds. The number of hydrogen-bond donors (Lipinski definition) is 1. The molecule has 1 aliphatic heterocycles. The van der Waals surface area contributed by atoms with E-state index in [0.29, 0.717) is 12.1 Å². The maximum absolute atomic E-state index is 5.71. The minimum absolute atomic E-state index is 0.685. The molecule has 1 aromatic rings. The lowest BCUT2D eigenvalue weighted by molar-refractivity contribution is 0.0823. The van der Waals surface area contributed by atoms with Gasteiger partial charge in [0.1, 0.15) is 0 Å². The molecule has 112 valence electrons. The molecule has 1 aliphatic rings. The molecule has 0 radical (unpaired) electrons. The smallest absolute Gasteiger partial charge is 0.0236 e. The SMILES string of the molecule is CC1CC(N(CCCN)Cc2ccccc2)CCN1C. The van der Waals surface area contributed by atoms with Crippen molar-refractivity contribution in [3.63, 3.8) is 0 Å². The molecule has 2 atom stereocenters. The van der Waals surface area contributed by atoms with Crippen molar-refractivity contribution >= 4 is 0 Å². The summed E-state index contributed by atoms with van der Waals surface area (Å²) in [5.41, 5.74) is 7.13. The maximum Gasteiger partial charge on any atom is 0.0236 e. The first-order chi connectivity index (χ1) is 9.70. The molecule has 2 rings (SSSR count). The van der Waals surface area contributed by atoms with E-state index in [1.54, 1.807) is 0 Å². The van der Waals surface area contributed by atoms with Crippen LogP contribution < -0.4 is 5.73 Å². The predicted molar refractivity (Wildman–Crippen MR) is 85.6 cm³/mol. The van der Waals surface area contributed by atoms with Gasteiger partial charge in [-0.2, -0.15) is 0 Å². The van der Waals surface area contributed by atoms with Crippen LogP contribution in [0.3, 0.4) is 0 Å². The van der Waals surface area contributed by atoms with Crippen LogP contribution in [0.5, 0.6) is 0 Å². The summed E-state index contributed by atoms with van der Waals surface area (Å²) in [4.78, 5) is 5.12. The molecule has 0 bridgehead atoms. The number of likely N-dealkylation sites (tertiary alicyclic amines) is 1. The van der Waals surface area contributed by atoms with Gasteiger partial charge >= 0.3 is 0 Å². The Morgan fingerprint density at radius 1 is 1.30 bits per heavy atom. The lowest BCUT2D eigenvalue weighted by Crippen LogP contribution is -2.47. The normalized spacial score (nSPS) is 24.2. The Bertz CT molecular complexity index is 379. The summed E-state index contributed by atoms with van der Waals surface area (Å²) in [6, 6.07) is 12.2. The van der Waals surface area contributed by atoms with E-state index in [4.69, 9.17) is 5.73 Å². The quantitative estimate of drug-likeness (QED) is 0.865. The molecule has 1 saturated heterocycles. The van der Waals surface area contributed by atoms with Crippen LogP contribution in [0.15, 0.2) is 30.3 Å². The second-order valence-corrected chi connectivity index (χ2v) is 6.11. The first-order valence-electron chi connectivity index (χ1n) is 7.89. The lowest BCUT2D eigenvalue weighted by atomic mass is 9.96. The monoisotopic (exact) mass is 275 g/mol. The standard InChI is InChI=1S/C17H29N3/c1-15-13-17(9-12-19(15)2)20(11-6-10-18)14-16-7-4-3-5-8-16/h3-5,7-8,15,17H,6,9-14,18H2,1-2H3. The van der Waals surface area contributed by atoms with Crippen molar-refractivity contribution in [3.05, 3.63) is 35.9 Å². The van der Waals surface area contributed by atoms with Crippen LogP contribution in [-0.2, 0) is 6.54 Å². The van der Waals surface area contributed by atoms with Crippen LogP contribution in [0.25, 0.3) is 0 Å². The Kier molecular flexibility index (Phi) is 6.02. The zero-order valence-electron chi connectivity index (χ0n) is 13.0. The largest absolute Gasteiger partial charge is 0.330 e. The van der Waals surface area contributed by atoms with Gasteiger partial charge in [0.15, 0.2) is 0 Å². The lowest BCUT2D eigenvalue weighted by Gasteiger charge is -2.41. The average molecular weight is 275 g/mol. The van der Waals surface area contributed by atoms with Gasteiger partial charge in [-0.15, -0.1) is 0 Å². The second-order valence-electron chi connectivity index (χ2n) is 6.11. The van der Waals surface area contributed by atoms with Crippen molar-refractivity contribution in [2.45, 2.75) is 44.8 Å². The minimum atomic E-state index is 0.685. The molecule has 2 N–H and O–H groups in total. The van der Waals surface area contributed by atoms with Crippen molar-refractivity contribution < 1.29 is 0 Å². The van der Waals surface area contributed by atoms with E-state index in [1.165, 1.54) is 24.9 Å². The van der Waals surface area contributed by atoms with Crippen molar-refractivity contribution in [2.24, 2.45) is 5.73 Å². The van der Waals surface area contributed by atoms with Crippen LogP contribution in [-0.4, -0.2) is 48.6 Å². The molecule has 1 aromatic carbocycles. The number of piperidine rings is 1. The van der Waals surface area contributed by atoms with Crippen molar-refractivity contribution in [1.82, 2.24) is 9.80 Å². The fourth-order valence-corrected chi connectivity index (χ4v) is 3.10. The Labute approximate surface area is 123 Å². The number of rotatable bonds is 6. The van der Waals surface area contributed by atoms with E-state index in [0.717, 1.165) is 26.1 Å². The molecule has 0 saturated carbocycles. The Hall–Kier alpha value is -0.900. The third-order valence-corrected chi connectivity index (χ3v) is 4.58. The highest BCUT2D eigenvalue weighted by Gasteiger charge is 2.27. The molecule has 0 aliphatic carbocycles. The van der Waals surface area contributed by atoms with Crippen molar-refractivity contribution in [1.29, 1.82) is 0 Å². The zero-order valence-corrected chi connectivity index (χ0v) is 13.0. The molecule has 1 heterocycles. The van der Waals surface area contributed by atoms with Gasteiger partial charge < -0.3 is 10.6 Å². The van der Waals surface area contributed by atoms with E-state index < -0.39 is 0 Å². The predicted octanol–water partition coefficient (Wildman–Crippen LogP) is 2.32. The van der Waals surface area contributed by atoms with Crippen molar-refractivity contribution in [2.75, 3.05) is 26.7 Å². The second kappa shape index (κ2) is 7.77. The highest BCUT2D eigenvalue weighted by atomic mass is 15.2. The van der Waals surface area contributed by atoms with Crippen LogP contribution in [0.4, 0.5) is 0 Å². The van der Waals surface area contributed by atoms with E-state index >= 15 is 0 Å². The van der Waals surface area contributed by atoms with Gasteiger partial charge in [-0.1, -0.05) is 30.3 Å². The Morgan fingerprint density at radius 2 is 2.05 bits per heavy atom. The zero-order chi connectivity index (χ0) is 14.4. The molecule has 1 fully saturated rings. The summed E-state index contributed by atoms with van der Waals surface area (Å²) in [5.74, 6) is 0. The Morgan fingerprint density at radius 3 is 2.70 bits per heavy atom. The first-order valence-corrected chi connectivity index (χ1v) is 7.89. The number of nitrogens with zero attached hydrogens (tertiary/aromatic N) is 2. The third kappa shape index (κ3) is 4.30. The van der Waals surface area contributed by atoms with E-state index in [2.05, 4.69) is 54.1 Å². The number of hydrogen-bond acceptors (Lipinski definition) is 3. The van der Waals surface area contributed by atoms with Gasteiger partial charge in [0.05, 0.1) is 0 Å². The van der Waals surface area contributed by atoms with E-state index in [9.17, 15) is 0 Å². The molecule has 0 aromatic heterocycles. The molecular formula is C17H29N3. The highest BCUT2D eigenvalue weighted by molar-refractivity contribution is 5.14. The van der Waals surface area contributed by atoms with Crippen LogP contribution in [0.1, 0.15) is 31.7 Å². The van der Waals surface area contributed by atoms with Crippen LogP contribution >= 0.6 is 0 Å². The fourth-order valence-electron chi connectivity index (χ4n) is 3.10. The van der Waals surface area contributed by atoms with Gasteiger partial charge in [-0.3, -0.25) is 4.90 Å². The minimum Gasteiger partial charge on any atom is -0.330 e. The van der Waals surface area contributed by atoms with Gasteiger partial charge in [0.25, 0.3) is 0 Å². The van der Waals surface area contributed by atoms with E-state index in [1.807, 2.05) is 0 Å². The van der Waals surface area contributed by atoms with Gasteiger partial charge in [-0.25, -0.2) is 0 Å². The van der Waals surface area contributed by atoms with Gasteiger partial charge in [0, 0.05) is 18.6 Å². The maximum atomic E-state index is 5.71. The molecule has 2 unspecified atom stereocenters. The number of nitrogens with two attached hydrogens (primary N) is 1. The molecule has 3 nitrogen and oxygen atoms in total. The molecule has 0 spiro atoms. The van der Waals surface area contributed by atoms with Crippen molar-refractivity contribution in [3.8, 4) is 0 Å². The average Bonchev–Trinajstić information content (AvgIpc) is 2.47. The summed E-state index contributed by atoms with van der Waals surface area (Å²) in [6.45, 7) is 6.51. The highest BCUT2D eigenvalue weighted by Crippen LogP contribution is 2.22. The third-order valence-electron chi connectivity index (χ3n) is 4.58. The summed E-state index contributed by atoms with van der Waals surface area (Å²) in [5, 5.41) is 0. The fraction of sp³-hybridized carbons (Fsp3) is 0.647. The Balaban J connectivity index is 1.99. The van der Waals surface area contributed by atoms with Gasteiger partial charge in [0.2, 0.25) is 0 Å². The van der Waals surface area contributed by atoms with Crippen LogP contribution in [0.2, 0.25) is 0 Å². The molecular weight excluding hydrogens is 246 g/mol. The van der Waals surface area contributed by atoms with Gasteiger partial charge in [-0.05, 0) is 58.4 Å². The topological polar surface area (TPSA) is 32.5 Å². The molecule has 20 heavy (non-hydrogen) atoms. The first kappa shape index (κ1) is 15.5. The summed E-state index contributed by atoms with van der Waals surface area (Å²) >= 11 is 0. The van der Waals surface area contributed by atoms with Crippen LogP contribution in [0, 0.1) is 0 Å². The number of benzene rings is 1. The summed E-state index contributed by atoms with van der Waals surface area (Å²) in [6.07, 6.45) is 3.64. The van der Waals surface area contributed by atoms with E-state index in [-0.39, 0.29) is 0 Å². The summed E-state index contributed by atoms with van der Waals surface area (Å²) in [7, 11) is 2.24. The summed E-state index contributed by atoms with van der Waals surface area (Å²) < 4.78 is 0.